The highest BCUT2D eigenvalue weighted by Crippen LogP contribution is 2.39. The van der Waals surface area contributed by atoms with Gasteiger partial charge < -0.3 is 14.4 Å². The highest BCUT2D eigenvalue weighted by atomic mass is 35.5. The predicted molar refractivity (Wildman–Crippen MR) is 97.0 cm³/mol. The van der Waals surface area contributed by atoms with Gasteiger partial charge in [-0.2, -0.15) is 0 Å². The summed E-state index contributed by atoms with van der Waals surface area (Å²) in [5.74, 6) is 2.26. The Labute approximate surface area is 146 Å². The zero-order chi connectivity index (χ0) is 15.8. The van der Waals surface area contributed by atoms with Crippen molar-refractivity contribution in [3.05, 3.63) is 48.3 Å². The van der Waals surface area contributed by atoms with E-state index in [9.17, 15) is 0 Å². The van der Waals surface area contributed by atoms with E-state index in [0.29, 0.717) is 11.5 Å². The molecule has 5 nitrogen and oxygen atoms in total. The van der Waals surface area contributed by atoms with Gasteiger partial charge in [0, 0.05) is 23.7 Å². The molecule has 0 spiro atoms. The minimum Gasteiger partial charge on any atom is -0.493 e. The lowest BCUT2D eigenvalue weighted by Gasteiger charge is -2.20. The van der Waals surface area contributed by atoms with Gasteiger partial charge in [0.2, 0.25) is 0 Å². The molecule has 2 aromatic carbocycles. The molecule has 0 unspecified atom stereocenters. The number of hydrogen-bond donors (Lipinski definition) is 0. The van der Waals surface area contributed by atoms with Crippen LogP contribution in [0, 0.1) is 0 Å². The Hall–Kier alpha value is -2.53. The molecule has 0 aliphatic carbocycles. The topological polar surface area (TPSA) is 47.5 Å². The number of anilines is 2. The van der Waals surface area contributed by atoms with E-state index in [1.165, 1.54) is 11.3 Å². The van der Waals surface area contributed by atoms with E-state index < -0.39 is 0 Å². The van der Waals surface area contributed by atoms with Crippen molar-refractivity contribution in [2.24, 2.45) is 0 Å². The Balaban J connectivity index is 0.00000169. The maximum Gasteiger partial charge on any atom is 0.162 e. The number of methoxy groups -OCH3 is 2. The third-order valence-corrected chi connectivity index (χ3v) is 4.26. The summed E-state index contributed by atoms with van der Waals surface area (Å²) in [6.07, 6.45) is 2.62. The first-order chi connectivity index (χ1) is 11.3. The first kappa shape index (κ1) is 16.3. The fourth-order valence-electron chi connectivity index (χ4n) is 3.14. The summed E-state index contributed by atoms with van der Waals surface area (Å²) in [5, 5.41) is 0.960. The van der Waals surface area contributed by atoms with Gasteiger partial charge in [0.15, 0.2) is 11.5 Å². The molecule has 1 aliphatic heterocycles. The number of halogens is 1. The molecule has 24 heavy (non-hydrogen) atoms. The summed E-state index contributed by atoms with van der Waals surface area (Å²) in [5.41, 5.74) is 3.40. The first-order valence-electron chi connectivity index (χ1n) is 7.54. The number of nitrogens with zero attached hydrogens (tertiary/aromatic N) is 3. The maximum atomic E-state index is 5.43. The van der Waals surface area contributed by atoms with E-state index in [-0.39, 0.29) is 12.4 Å². The van der Waals surface area contributed by atoms with Crippen LogP contribution < -0.4 is 14.4 Å². The van der Waals surface area contributed by atoms with Crippen LogP contribution in [0.2, 0.25) is 0 Å². The van der Waals surface area contributed by atoms with Crippen LogP contribution in [-0.2, 0) is 6.42 Å². The molecule has 3 aromatic rings. The summed E-state index contributed by atoms with van der Waals surface area (Å²) >= 11 is 0. The van der Waals surface area contributed by atoms with Crippen molar-refractivity contribution in [3.63, 3.8) is 0 Å². The van der Waals surface area contributed by atoms with Crippen LogP contribution in [0.3, 0.4) is 0 Å². The van der Waals surface area contributed by atoms with Crippen LogP contribution in [0.1, 0.15) is 5.56 Å². The van der Waals surface area contributed by atoms with Crippen molar-refractivity contribution in [2.45, 2.75) is 6.42 Å². The number of benzene rings is 2. The average Bonchev–Trinajstić information content (AvgIpc) is 3.03. The van der Waals surface area contributed by atoms with Gasteiger partial charge in [-0.05, 0) is 24.1 Å². The molecule has 0 atom stereocenters. The van der Waals surface area contributed by atoms with E-state index >= 15 is 0 Å². The summed E-state index contributed by atoms with van der Waals surface area (Å²) in [7, 11) is 3.26. The monoisotopic (exact) mass is 343 g/mol. The molecule has 0 amide bonds. The Bertz CT molecular complexity index is 885. The lowest BCUT2D eigenvalue weighted by atomic mass is 10.1. The number of para-hydroxylation sites is 1. The van der Waals surface area contributed by atoms with Crippen molar-refractivity contribution >= 4 is 34.8 Å². The molecule has 124 valence electrons. The number of hydrogen-bond acceptors (Lipinski definition) is 5. The van der Waals surface area contributed by atoms with Gasteiger partial charge >= 0.3 is 0 Å². The van der Waals surface area contributed by atoms with Crippen LogP contribution in [0.5, 0.6) is 11.5 Å². The van der Waals surface area contributed by atoms with Crippen molar-refractivity contribution < 1.29 is 9.47 Å². The van der Waals surface area contributed by atoms with E-state index in [1.54, 1.807) is 20.5 Å². The fourth-order valence-corrected chi connectivity index (χ4v) is 3.14. The average molecular weight is 344 g/mol. The highest BCUT2D eigenvalue weighted by Gasteiger charge is 2.23. The number of ether oxygens (including phenoxy) is 2. The van der Waals surface area contributed by atoms with Gasteiger partial charge in [0.1, 0.15) is 12.1 Å². The molecule has 0 radical (unpaired) electrons. The lowest BCUT2D eigenvalue weighted by Crippen LogP contribution is -2.15. The fraction of sp³-hybridized carbons (Fsp3) is 0.222. The quantitative estimate of drug-likeness (QED) is 0.724. The first-order valence-corrected chi connectivity index (χ1v) is 7.54. The van der Waals surface area contributed by atoms with Crippen LogP contribution >= 0.6 is 12.4 Å². The van der Waals surface area contributed by atoms with Crippen molar-refractivity contribution in [2.75, 3.05) is 25.7 Å². The Morgan fingerprint density at radius 2 is 1.75 bits per heavy atom. The van der Waals surface area contributed by atoms with Gasteiger partial charge in [-0.15, -0.1) is 12.4 Å². The van der Waals surface area contributed by atoms with Crippen LogP contribution in [0.4, 0.5) is 11.5 Å². The Morgan fingerprint density at radius 3 is 2.54 bits per heavy atom. The van der Waals surface area contributed by atoms with Gasteiger partial charge in [-0.25, -0.2) is 9.97 Å². The molecular weight excluding hydrogens is 326 g/mol. The van der Waals surface area contributed by atoms with Crippen molar-refractivity contribution in [1.29, 1.82) is 0 Å². The van der Waals surface area contributed by atoms with Crippen LogP contribution in [0.15, 0.2) is 42.7 Å². The minimum atomic E-state index is 0. The molecule has 0 saturated carbocycles. The summed E-state index contributed by atoms with van der Waals surface area (Å²) < 4.78 is 10.8. The largest absolute Gasteiger partial charge is 0.493 e. The van der Waals surface area contributed by atoms with Gasteiger partial charge in [-0.3, -0.25) is 0 Å². The second-order valence-corrected chi connectivity index (χ2v) is 5.45. The molecule has 0 fully saturated rings. The van der Waals surface area contributed by atoms with E-state index in [1.807, 2.05) is 12.1 Å². The van der Waals surface area contributed by atoms with E-state index in [0.717, 1.165) is 29.7 Å². The molecule has 1 aromatic heterocycles. The number of aromatic nitrogens is 2. The molecule has 6 heteroatoms. The molecule has 1 aliphatic rings. The van der Waals surface area contributed by atoms with Gasteiger partial charge in [0.25, 0.3) is 0 Å². The molecule has 0 bridgehead atoms. The van der Waals surface area contributed by atoms with Gasteiger partial charge in [-0.1, -0.05) is 18.2 Å². The summed E-state index contributed by atoms with van der Waals surface area (Å²) in [6.45, 7) is 0.916. The summed E-state index contributed by atoms with van der Waals surface area (Å²) in [6, 6.07) is 12.3. The molecule has 0 saturated heterocycles. The van der Waals surface area contributed by atoms with Crippen LogP contribution in [-0.4, -0.2) is 30.7 Å². The van der Waals surface area contributed by atoms with Crippen LogP contribution in [0.25, 0.3) is 10.9 Å². The predicted octanol–water partition coefficient (Wildman–Crippen LogP) is 3.76. The Morgan fingerprint density at radius 1 is 1.00 bits per heavy atom. The summed E-state index contributed by atoms with van der Waals surface area (Å²) in [4.78, 5) is 11.2. The van der Waals surface area contributed by atoms with Crippen molar-refractivity contribution in [1.82, 2.24) is 9.97 Å². The van der Waals surface area contributed by atoms with E-state index in [4.69, 9.17) is 9.47 Å². The Kier molecular flexibility index (Phi) is 4.44. The lowest BCUT2D eigenvalue weighted by molar-refractivity contribution is 0.356. The van der Waals surface area contributed by atoms with Crippen molar-refractivity contribution in [3.8, 4) is 11.5 Å². The minimum absolute atomic E-state index is 0. The molecule has 2 heterocycles. The third kappa shape index (κ3) is 2.51. The smallest absolute Gasteiger partial charge is 0.162 e. The molecular formula is C18H18ClN3O2. The van der Waals surface area contributed by atoms with E-state index in [2.05, 4.69) is 39.1 Å². The normalized spacial score (nSPS) is 12.7. The number of fused-ring (bicyclic) bond motifs is 2. The second kappa shape index (κ2) is 6.53. The highest BCUT2D eigenvalue weighted by molar-refractivity contribution is 5.94. The number of rotatable bonds is 3. The molecule has 0 N–H and O–H groups in total. The zero-order valence-electron chi connectivity index (χ0n) is 13.5. The molecule has 4 rings (SSSR count). The standard InChI is InChI=1S/C18H17N3O2.ClH/c1-22-16-9-13-14(10-17(16)23-2)19-11-20-18(13)21-8-7-12-5-3-4-6-15(12)21;/h3-6,9-11H,7-8H2,1-2H3;1H. The SMILES string of the molecule is COc1cc2ncnc(N3CCc4ccccc43)c2cc1OC.Cl. The zero-order valence-corrected chi connectivity index (χ0v) is 14.3. The van der Waals surface area contributed by atoms with Gasteiger partial charge in [0.05, 0.1) is 19.7 Å². The second-order valence-electron chi connectivity index (χ2n) is 5.45. The maximum absolute atomic E-state index is 5.43. The third-order valence-electron chi connectivity index (χ3n) is 4.26.